The molecule has 3 aromatic heterocycles. The van der Waals surface area contributed by atoms with Gasteiger partial charge in [0.1, 0.15) is 24.1 Å². The molecule has 34 heavy (non-hydrogen) atoms. The molecule has 7 nitrogen and oxygen atoms in total. The predicted molar refractivity (Wildman–Crippen MR) is 118 cm³/mol. The maximum absolute atomic E-state index is 14.4. The number of thiophene rings is 1. The Balaban J connectivity index is 1.46. The van der Waals surface area contributed by atoms with Crippen molar-refractivity contribution >= 4 is 22.9 Å². The van der Waals surface area contributed by atoms with Crippen molar-refractivity contribution in [2.24, 2.45) is 7.05 Å². The topological polar surface area (TPSA) is 68.8 Å². The molecule has 1 unspecified atom stereocenters. The zero-order valence-corrected chi connectivity index (χ0v) is 18.6. The number of hydrogen-bond donors (Lipinski definition) is 0. The molecule has 4 aromatic rings. The highest BCUT2D eigenvalue weighted by Gasteiger charge is 2.40. The standard InChI is InChI=1S/C22H18F4N6OS/c1-30-10-13(9-27-30)19-7-8-20(34-19)16-11-32(29-28-16)18-6-5-14-15(23)3-2-4-17(14)31(21(18)33)12-22(24,25)26/h2-4,7-11,18H,5-6,12H2,1H3. The lowest BCUT2D eigenvalue weighted by molar-refractivity contribution is -0.134. The maximum atomic E-state index is 14.4. The van der Waals surface area contributed by atoms with E-state index in [-0.39, 0.29) is 24.1 Å². The van der Waals surface area contributed by atoms with E-state index in [9.17, 15) is 22.4 Å². The minimum atomic E-state index is -4.65. The first kappa shape index (κ1) is 22.3. The second-order valence-electron chi connectivity index (χ2n) is 7.98. The van der Waals surface area contributed by atoms with Crippen molar-refractivity contribution in [1.29, 1.82) is 0 Å². The number of anilines is 1. The summed E-state index contributed by atoms with van der Waals surface area (Å²) in [5.74, 6) is -1.45. The molecule has 0 radical (unpaired) electrons. The Bertz CT molecular complexity index is 1360. The molecule has 0 saturated carbocycles. The fourth-order valence-corrected chi connectivity index (χ4v) is 4.99. The van der Waals surface area contributed by atoms with Gasteiger partial charge in [-0.1, -0.05) is 11.3 Å². The summed E-state index contributed by atoms with van der Waals surface area (Å²) in [6.45, 7) is -1.51. The number of fused-ring (bicyclic) bond motifs is 1. The number of carbonyl (C=O) groups excluding carboxylic acids is 1. The van der Waals surface area contributed by atoms with E-state index in [0.29, 0.717) is 10.6 Å². The van der Waals surface area contributed by atoms with Crippen molar-refractivity contribution in [3.8, 4) is 21.0 Å². The Hall–Kier alpha value is -3.54. The van der Waals surface area contributed by atoms with Crippen LogP contribution in [0.15, 0.2) is 48.9 Å². The first-order chi connectivity index (χ1) is 16.2. The molecule has 5 rings (SSSR count). The maximum Gasteiger partial charge on any atom is 0.406 e. The quantitative estimate of drug-likeness (QED) is 0.391. The summed E-state index contributed by atoms with van der Waals surface area (Å²) in [6.07, 6.45) is 0.688. The van der Waals surface area contributed by atoms with Crippen LogP contribution in [0.4, 0.5) is 23.2 Å². The lowest BCUT2D eigenvalue weighted by Crippen LogP contribution is -2.42. The van der Waals surface area contributed by atoms with E-state index >= 15 is 0 Å². The van der Waals surface area contributed by atoms with Crippen molar-refractivity contribution in [2.75, 3.05) is 11.4 Å². The van der Waals surface area contributed by atoms with Crippen LogP contribution < -0.4 is 4.90 Å². The summed E-state index contributed by atoms with van der Waals surface area (Å²) in [5.41, 5.74) is 1.45. The summed E-state index contributed by atoms with van der Waals surface area (Å²) in [5, 5.41) is 12.3. The number of amides is 1. The van der Waals surface area contributed by atoms with E-state index in [1.165, 1.54) is 34.2 Å². The lowest BCUT2D eigenvalue weighted by atomic mass is 10.1. The summed E-state index contributed by atoms with van der Waals surface area (Å²) >= 11 is 1.45. The molecule has 0 bridgehead atoms. The van der Waals surface area contributed by atoms with E-state index in [2.05, 4.69) is 15.4 Å². The molecule has 1 atom stereocenters. The van der Waals surface area contributed by atoms with Crippen LogP contribution in [-0.4, -0.2) is 43.4 Å². The second kappa shape index (κ2) is 8.35. The number of carbonyl (C=O) groups is 1. The number of halogens is 4. The zero-order valence-electron chi connectivity index (χ0n) is 17.8. The number of nitrogens with zero attached hydrogens (tertiary/aromatic N) is 6. The van der Waals surface area contributed by atoms with Gasteiger partial charge >= 0.3 is 6.18 Å². The number of hydrogen-bond acceptors (Lipinski definition) is 5. The largest absolute Gasteiger partial charge is 0.406 e. The molecule has 0 N–H and O–H groups in total. The molecule has 0 aliphatic carbocycles. The Morgan fingerprint density at radius 2 is 1.94 bits per heavy atom. The highest BCUT2D eigenvalue weighted by Crippen LogP contribution is 2.36. The van der Waals surface area contributed by atoms with Crippen LogP contribution in [0.1, 0.15) is 18.0 Å². The Labute approximate surface area is 195 Å². The third-order valence-electron chi connectivity index (χ3n) is 5.62. The van der Waals surface area contributed by atoms with E-state index in [1.54, 1.807) is 17.1 Å². The van der Waals surface area contributed by atoms with Crippen LogP contribution >= 0.6 is 11.3 Å². The molecule has 1 aromatic carbocycles. The molecule has 1 aliphatic rings. The molecule has 1 aliphatic heterocycles. The van der Waals surface area contributed by atoms with Crippen LogP contribution in [0.5, 0.6) is 0 Å². The second-order valence-corrected chi connectivity index (χ2v) is 9.07. The minimum absolute atomic E-state index is 0.0652. The highest BCUT2D eigenvalue weighted by molar-refractivity contribution is 7.18. The number of benzene rings is 1. The monoisotopic (exact) mass is 490 g/mol. The summed E-state index contributed by atoms with van der Waals surface area (Å²) < 4.78 is 57.3. The smallest absolute Gasteiger partial charge is 0.301 e. The van der Waals surface area contributed by atoms with Gasteiger partial charge in [-0.25, -0.2) is 9.07 Å². The van der Waals surface area contributed by atoms with Crippen LogP contribution in [0.25, 0.3) is 21.0 Å². The average molecular weight is 490 g/mol. The Morgan fingerprint density at radius 3 is 2.68 bits per heavy atom. The number of aryl methyl sites for hydroxylation is 1. The van der Waals surface area contributed by atoms with Gasteiger partial charge < -0.3 is 4.90 Å². The normalized spacial score (nSPS) is 16.6. The van der Waals surface area contributed by atoms with Gasteiger partial charge in [-0.2, -0.15) is 18.3 Å². The highest BCUT2D eigenvalue weighted by atomic mass is 32.1. The third kappa shape index (κ3) is 4.20. The van der Waals surface area contributed by atoms with Gasteiger partial charge in [-0.15, -0.1) is 16.4 Å². The lowest BCUT2D eigenvalue weighted by Gasteiger charge is -2.26. The van der Waals surface area contributed by atoms with Gasteiger partial charge in [0.15, 0.2) is 0 Å². The SMILES string of the molecule is Cn1cc(-c2ccc(-c3cn(C4CCc5c(F)cccc5N(CC(F)(F)F)C4=O)nn3)s2)cn1. The van der Waals surface area contributed by atoms with Gasteiger partial charge in [0.25, 0.3) is 5.91 Å². The molecular formula is C22H18F4N6OS. The number of aromatic nitrogens is 5. The van der Waals surface area contributed by atoms with Crippen LogP contribution in [0.3, 0.4) is 0 Å². The molecule has 0 spiro atoms. The van der Waals surface area contributed by atoms with Gasteiger partial charge in [0.05, 0.1) is 23.0 Å². The van der Waals surface area contributed by atoms with Crippen LogP contribution in [0, 0.1) is 5.82 Å². The fourth-order valence-electron chi connectivity index (χ4n) is 4.06. The molecular weight excluding hydrogens is 472 g/mol. The van der Waals surface area contributed by atoms with Gasteiger partial charge in [-0.3, -0.25) is 9.48 Å². The van der Waals surface area contributed by atoms with E-state index < -0.39 is 30.5 Å². The molecule has 4 heterocycles. The summed E-state index contributed by atoms with van der Waals surface area (Å²) in [4.78, 5) is 15.6. The Kier molecular flexibility index (Phi) is 5.47. The fraction of sp³-hybridized carbons (Fsp3) is 0.273. The van der Waals surface area contributed by atoms with Crippen molar-refractivity contribution in [3.05, 3.63) is 60.3 Å². The van der Waals surface area contributed by atoms with Crippen molar-refractivity contribution in [1.82, 2.24) is 24.8 Å². The van der Waals surface area contributed by atoms with Crippen molar-refractivity contribution < 1.29 is 22.4 Å². The van der Waals surface area contributed by atoms with E-state index in [0.717, 1.165) is 15.3 Å². The minimum Gasteiger partial charge on any atom is -0.301 e. The molecule has 176 valence electrons. The average Bonchev–Trinajstić information content (AvgIpc) is 3.51. The van der Waals surface area contributed by atoms with E-state index in [4.69, 9.17) is 0 Å². The molecule has 1 amide bonds. The zero-order chi connectivity index (χ0) is 24.0. The van der Waals surface area contributed by atoms with Crippen molar-refractivity contribution in [2.45, 2.75) is 25.1 Å². The van der Waals surface area contributed by atoms with E-state index in [1.807, 2.05) is 25.4 Å². The van der Waals surface area contributed by atoms with Crippen molar-refractivity contribution in [3.63, 3.8) is 0 Å². The Morgan fingerprint density at radius 1 is 1.15 bits per heavy atom. The van der Waals surface area contributed by atoms with Crippen LogP contribution in [0.2, 0.25) is 0 Å². The summed E-state index contributed by atoms with van der Waals surface area (Å²) in [6, 6.07) is 6.54. The number of rotatable bonds is 4. The number of alkyl halides is 3. The van der Waals surface area contributed by atoms with Gasteiger partial charge in [0.2, 0.25) is 0 Å². The first-order valence-corrected chi connectivity index (χ1v) is 11.2. The van der Waals surface area contributed by atoms with Gasteiger partial charge in [0, 0.05) is 29.2 Å². The molecule has 12 heteroatoms. The van der Waals surface area contributed by atoms with Crippen LogP contribution in [-0.2, 0) is 18.3 Å². The molecule has 0 fully saturated rings. The van der Waals surface area contributed by atoms with Gasteiger partial charge in [-0.05, 0) is 37.1 Å². The summed E-state index contributed by atoms with van der Waals surface area (Å²) in [7, 11) is 1.82. The predicted octanol–water partition coefficient (Wildman–Crippen LogP) is 4.63. The third-order valence-corrected chi connectivity index (χ3v) is 6.78. The molecule has 0 saturated heterocycles. The first-order valence-electron chi connectivity index (χ1n) is 10.4.